The number of aryl methyl sites for hydroxylation is 2. The van der Waals surface area contributed by atoms with Crippen LogP contribution >= 0.6 is 23.1 Å². The molecule has 0 spiro atoms. The number of rotatable bonds is 9. The number of nitrogens with one attached hydrogen (secondary N) is 1. The molecule has 0 aliphatic heterocycles. The Morgan fingerprint density at radius 1 is 1.07 bits per heavy atom. The van der Waals surface area contributed by atoms with Crippen molar-refractivity contribution in [3.8, 4) is 0 Å². The molecule has 0 saturated heterocycles. The molecule has 1 heterocycles. The van der Waals surface area contributed by atoms with Crippen molar-refractivity contribution in [2.24, 2.45) is 0 Å². The van der Waals surface area contributed by atoms with Gasteiger partial charge < -0.3 is 10.1 Å². The van der Waals surface area contributed by atoms with Crippen molar-refractivity contribution < 1.29 is 9.53 Å². The molecule has 1 aromatic heterocycles. The fourth-order valence-electron chi connectivity index (χ4n) is 2.57. The minimum atomic E-state index is -0.372. The maximum absolute atomic E-state index is 13.3. The summed E-state index contributed by atoms with van der Waals surface area (Å²) in [6.45, 7) is 5.32. The predicted octanol–water partition coefficient (Wildman–Crippen LogP) is 4.93. The Morgan fingerprint density at radius 2 is 1.71 bits per heavy atom. The summed E-state index contributed by atoms with van der Waals surface area (Å²) in [5, 5.41) is 11.9. The number of ketones is 1. The van der Waals surface area contributed by atoms with Crippen molar-refractivity contribution in [1.29, 1.82) is 0 Å². The minimum Gasteiger partial charge on any atom is -0.383 e. The van der Waals surface area contributed by atoms with E-state index >= 15 is 0 Å². The molecule has 1 atom stereocenters. The second-order valence-corrected chi connectivity index (χ2v) is 8.76. The first-order chi connectivity index (χ1) is 13.6. The summed E-state index contributed by atoms with van der Waals surface area (Å²) in [6, 6.07) is 15.8. The van der Waals surface area contributed by atoms with Gasteiger partial charge in [0.1, 0.15) is 0 Å². The highest BCUT2D eigenvalue weighted by Crippen LogP contribution is 2.40. The van der Waals surface area contributed by atoms with Gasteiger partial charge in [-0.1, -0.05) is 82.8 Å². The van der Waals surface area contributed by atoms with Crippen molar-refractivity contribution >= 4 is 34.0 Å². The van der Waals surface area contributed by atoms with Gasteiger partial charge in [-0.2, -0.15) is 0 Å². The molecule has 0 fully saturated rings. The number of benzene rings is 2. The zero-order chi connectivity index (χ0) is 19.9. The summed E-state index contributed by atoms with van der Waals surface area (Å²) in [6.07, 6.45) is 0. The summed E-state index contributed by atoms with van der Waals surface area (Å²) in [7, 11) is 1.66. The molecule has 3 aromatic rings. The summed E-state index contributed by atoms with van der Waals surface area (Å²) in [5.41, 5.74) is 3.96. The molecule has 0 bridgehead atoms. The van der Waals surface area contributed by atoms with Crippen LogP contribution in [0.25, 0.3) is 0 Å². The Bertz CT molecular complexity index is 908. The number of hydrogen-bond acceptors (Lipinski definition) is 7. The molecule has 146 valence electrons. The van der Waals surface area contributed by atoms with E-state index in [1.165, 1.54) is 23.1 Å². The quantitative estimate of drug-likeness (QED) is 0.305. The van der Waals surface area contributed by atoms with Crippen molar-refractivity contribution in [2.75, 3.05) is 25.6 Å². The van der Waals surface area contributed by atoms with Gasteiger partial charge in [-0.25, -0.2) is 0 Å². The summed E-state index contributed by atoms with van der Waals surface area (Å²) >= 11 is 2.89. The largest absolute Gasteiger partial charge is 0.383 e. The standard InChI is InChI=1S/C21H23N3O2S2/c1-14-4-8-16(9-5-14)18(25)19(17-10-6-15(2)7-11-17)27-21-24-23-20(28-21)22-12-13-26-3/h4-11,19H,12-13H2,1-3H3,(H,22,23)/t19-/m1/s1. The fourth-order valence-corrected chi connectivity index (χ4v) is 4.62. The van der Waals surface area contributed by atoms with Gasteiger partial charge in [-0.3, -0.25) is 4.79 Å². The van der Waals surface area contributed by atoms with Crippen LogP contribution in [0.4, 0.5) is 5.13 Å². The monoisotopic (exact) mass is 413 g/mol. The Hall–Kier alpha value is -2.22. The lowest BCUT2D eigenvalue weighted by atomic mass is 10.0. The van der Waals surface area contributed by atoms with E-state index in [4.69, 9.17) is 4.74 Å². The van der Waals surface area contributed by atoms with Gasteiger partial charge in [0.15, 0.2) is 10.1 Å². The van der Waals surface area contributed by atoms with E-state index in [9.17, 15) is 4.79 Å². The molecular formula is C21H23N3O2S2. The van der Waals surface area contributed by atoms with Crippen LogP contribution in [-0.2, 0) is 4.74 Å². The van der Waals surface area contributed by atoms with E-state index in [1.54, 1.807) is 7.11 Å². The van der Waals surface area contributed by atoms with Crippen LogP contribution in [0.15, 0.2) is 52.9 Å². The Morgan fingerprint density at radius 3 is 2.36 bits per heavy atom. The summed E-state index contributed by atoms with van der Waals surface area (Å²) in [4.78, 5) is 13.3. The van der Waals surface area contributed by atoms with Crippen molar-refractivity contribution in [3.63, 3.8) is 0 Å². The number of aromatic nitrogens is 2. The molecule has 5 nitrogen and oxygen atoms in total. The van der Waals surface area contributed by atoms with Crippen LogP contribution in [0.5, 0.6) is 0 Å². The Labute approximate surface area is 173 Å². The van der Waals surface area contributed by atoms with E-state index in [-0.39, 0.29) is 11.0 Å². The van der Waals surface area contributed by atoms with Gasteiger partial charge in [-0.05, 0) is 19.4 Å². The lowest BCUT2D eigenvalue weighted by molar-refractivity contribution is 0.0989. The van der Waals surface area contributed by atoms with E-state index in [2.05, 4.69) is 15.5 Å². The van der Waals surface area contributed by atoms with Gasteiger partial charge in [0.05, 0.1) is 11.9 Å². The number of ether oxygens (including phenoxy) is 1. The highest BCUT2D eigenvalue weighted by molar-refractivity contribution is 8.02. The average molecular weight is 414 g/mol. The van der Waals surface area contributed by atoms with E-state index in [0.717, 1.165) is 26.2 Å². The predicted molar refractivity (Wildman–Crippen MR) is 116 cm³/mol. The molecule has 0 amide bonds. The van der Waals surface area contributed by atoms with Crippen LogP contribution in [0, 0.1) is 13.8 Å². The molecule has 2 aromatic carbocycles. The zero-order valence-electron chi connectivity index (χ0n) is 16.1. The molecule has 28 heavy (non-hydrogen) atoms. The van der Waals surface area contributed by atoms with Crippen LogP contribution in [0.2, 0.25) is 0 Å². The van der Waals surface area contributed by atoms with Crippen molar-refractivity contribution in [3.05, 3.63) is 70.8 Å². The minimum absolute atomic E-state index is 0.0675. The number of thioether (sulfide) groups is 1. The maximum Gasteiger partial charge on any atom is 0.206 e. The van der Waals surface area contributed by atoms with Crippen LogP contribution in [0.3, 0.4) is 0 Å². The SMILES string of the molecule is COCCNc1nnc(S[C@@H](C(=O)c2ccc(C)cc2)c2ccc(C)cc2)s1. The fraction of sp³-hybridized carbons (Fsp3) is 0.286. The maximum atomic E-state index is 13.3. The Kier molecular flexibility index (Phi) is 7.19. The number of nitrogens with zero attached hydrogens (tertiary/aromatic N) is 2. The van der Waals surface area contributed by atoms with Gasteiger partial charge in [0.25, 0.3) is 0 Å². The van der Waals surface area contributed by atoms with E-state index in [1.807, 2.05) is 62.4 Å². The lowest BCUT2D eigenvalue weighted by Crippen LogP contribution is -2.10. The van der Waals surface area contributed by atoms with E-state index < -0.39 is 0 Å². The second-order valence-electron chi connectivity index (χ2n) is 6.43. The highest BCUT2D eigenvalue weighted by atomic mass is 32.2. The molecule has 7 heteroatoms. The van der Waals surface area contributed by atoms with E-state index in [0.29, 0.717) is 18.7 Å². The first kappa shape index (κ1) is 20.5. The molecule has 3 rings (SSSR count). The zero-order valence-corrected chi connectivity index (χ0v) is 17.8. The number of carbonyl (C=O) groups excluding carboxylic acids is 1. The summed E-state index contributed by atoms with van der Waals surface area (Å²) in [5.74, 6) is 0.0675. The Balaban J connectivity index is 1.83. The smallest absolute Gasteiger partial charge is 0.206 e. The molecule has 0 aliphatic rings. The average Bonchev–Trinajstić information content (AvgIpc) is 3.15. The lowest BCUT2D eigenvalue weighted by Gasteiger charge is -2.15. The first-order valence-corrected chi connectivity index (χ1v) is 10.7. The molecule has 0 unspecified atom stereocenters. The first-order valence-electron chi connectivity index (χ1n) is 8.97. The van der Waals surface area contributed by atoms with Crippen molar-refractivity contribution in [1.82, 2.24) is 10.2 Å². The third-order valence-electron chi connectivity index (χ3n) is 4.16. The van der Waals surface area contributed by atoms with Gasteiger partial charge >= 0.3 is 0 Å². The molecule has 0 radical (unpaired) electrons. The van der Waals surface area contributed by atoms with Gasteiger partial charge in [0.2, 0.25) is 5.13 Å². The number of hydrogen-bond donors (Lipinski definition) is 1. The third-order valence-corrected chi connectivity index (χ3v) is 6.38. The van der Waals surface area contributed by atoms with Gasteiger partial charge in [0, 0.05) is 19.2 Å². The second kappa shape index (κ2) is 9.82. The van der Waals surface area contributed by atoms with Crippen LogP contribution < -0.4 is 5.32 Å². The molecule has 1 N–H and O–H groups in total. The molecule has 0 aliphatic carbocycles. The summed E-state index contributed by atoms with van der Waals surface area (Å²) < 4.78 is 5.79. The number of methoxy groups -OCH3 is 1. The third kappa shape index (κ3) is 5.41. The van der Waals surface area contributed by atoms with Crippen LogP contribution in [-0.4, -0.2) is 36.2 Å². The molecule has 0 saturated carbocycles. The van der Waals surface area contributed by atoms with Crippen molar-refractivity contribution in [2.45, 2.75) is 23.4 Å². The highest BCUT2D eigenvalue weighted by Gasteiger charge is 2.25. The topological polar surface area (TPSA) is 64.1 Å². The number of Topliss-reactive ketones (excluding diaryl/α,β-unsaturated/α-hetero) is 1. The number of anilines is 1. The number of carbonyl (C=O) groups is 1. The normalized spacial score (nSPS) is 12.0. The van der Waals surface area contributed by atoms with Crippen LogP contribution in [0.1, 0.15) is 32.3 Å². The van der Waals surface area contributed by atoms with Gasteiger partial charge in [-0.15, -0.1) is 10.2 Å². The molecular weight excluding hydrogens is 390 g/mol.